The number of hydrogen-bond acceptors (Lipinski definition) is 6. The van der Waals surface area contributed by atoms with Gasteiger partial charge in [0.15, 0.2) is 11.5 Å². The summed E-state index contributed by atoms with van der Waals surface area (Å²) >= 11 is 1.71. The summed E-state index contributed by atoms with van der Waals surface area (Å²) in [4.78, 5) is 21.6. The maximum atomic E-state index is 4.73. The molecule has 39 heavy (non-hydrogen) atoms. The summed E-state index contributed by atoms with van der Waals surface area (Å²) in [6.07, 6.45) is 11.8. The molecule has 8 heteroatoms. The van der Waals surface area contributed by atoms with Crippen LogP contribution in [0.4, 0.5) is 0 Å². The molecule has 0 saturated carbocycles. The third-order valence-corrected chi connectivity index (χ3v) is 7.91. The molecule has 0 bridgehead atoms. The van der Waals surface area contributed by atoms with Crippen LogP contribution < -0.4 is 10.6 Å². The molecule has 0 spiro atoms. The van der Waals surface area contributed by atoms with Gasteiger partial charge >= 0.3 is 0 Å². The van der Waals surface area contributed by atoms with E-state index in [9.17, 15) is 0 Å². The van der Waals surface area contributed by atoms with E-state index in [4.69, 9.17) is 4.98 Å². The van der Waals surface area contributed by atoms with E-state index in [1.807, 2.05) is 31.5 Å². The van der Waals surface area contributed by atoms with Crippen LogP contribution in [0, 0.1) is 0 Å². The Morgan fingerprint density at radius 3 is 2.77 bits per heavy atom. The third kappa shape index (κ3) is 5.82. The van der Waals surface area contributed by atoms with Gasteiger partial charge in [0.2, 0.25) is 0 Å². The van der Waals surface area contributed by atoms with Crippen LogP contribution in [0.3, 0.4) is 0 Å². The van der Waals surface area contributed by atoms with Crippen LogP contribution in [-0.2, 0) is 6.42 Å². The maximum Gasteiger partial charge on any atom is 0.178 e. The molecule has 0 atom stereocenters. The predicted molar refractivity (Wildman–Crippen MR) is 163 cm³/mol. The normalized spacial score (nSPS) is 12.6. The highest BCUT2D eigenvalue weighted by Gasteiger charge is 2.15. The largest absolute Gasteiger partial charge is 0.335 e. The third-order valence-electron chi connectivity index (χ3n) is 6.63. The first-order valence-electron chi connectivity index (χ1n) is 12.9. The summed E-state index contributed by atoms with van der Waals surface area (Å²) < 4.78 is 0. The van der Waals surface area contributed by atoms with Gasteiger partial charge in [-0.05, 0) is 99.9 Å². The quantitative estimate of drug-likeness (QED) is 0.268. The Morgan fingerprint density at radius 1 is 1.15 bits per heavy atom. The standard InChI is InChI=1S/C31H33N7S/c1-19(2)26-11-12-27(39-26)24-13-14-33-30-29(24)34-31(35-30)28-21(4)25(36-37-28)10-9-20(3)23-16-22(17-32-18-23)8-7-15-38(5)6/h9-14,16-18,36H,1,4,7-8,15H2,2-3,5-6H3,(H,33,34,35)/b20-9+,25-10+. The van der Waals surface area contributed by atoms with Crippen LogP contribution in [-0.4, -0.2) is 55.7 Å². The van der Waals surface area contributed by atoms with E-state index < -0.39 is 0 Å². The van der Waals surface area contributed by atoms with Crippen molar-refractivity contribution >= 4 is 46.3 Å². The second-order valence-corrected chi connectivity index (χ2v) is 11.1. The van der Waals surface area contributed by atoms with E-state index in [1.165, 1.54) is 5.56 Å². The Kier molecular flexibility index (Phi) is 7.67. The zero-order valence-electron chi connectivity index (χ0n) is 22.9. The number of pyridine rings is 2. The van der Waals surface area contributed by atoms with Crippen molar-refractivity contribution < 1.29 is 0 Å². The number of thiophene rings is 1. The molecular weight excluding hydrogens is 502 g/mol. The van der Waals surface area contributed by atoms with Crippen molar-refractivity contribution in [1.29, 1.82) is 0 Å². The van der Waals surface area contributed by atoms with E-state index in [0.29, 0.717) is 17.2 Å². The highest BCUT2D eigenvalue weighted by molar-refractivity contribution is 7.16. The number of aromatic amines is 2. The molecule has 0 amide bonds. The van der Waals surface area contributed by atoms with E-state index in [1.54, 1.807) is 17.5 Å². The summed E-state index contributed by atoms with van der Waals surface area (Å²) in [5, 5.41) is 9.25. The molecule has 5 aromatic rings. The molecule has 0 saturated heterocycles. The zero-order valence-corrected chi connectivity index (χ0v) is 23.7. The smallest absolute Gasteiger partial charge is 0.178 e. The van der Waals surface area contributed by atoms with Crippen molar-refractivity contribution in [2.24, 2.45) is 0 Å². The van der Waals surface area contributed by atoms with Gasteiger partial charge in [0, 0.05) is 39.1 Å². The second kappa shape index (κ2) is 11.3. The summed E-state index contributed by atoms with van der Waals surface area (Å²) in [5.74, 6) is 0.637. The molecule has 0 fully saturated rings. The van der Waals surface area contributed by atoms with E-state index in [2.05, 4.69) is 88.5 Å². The Hall–Kier alpha value is -4.14. The van der Waals surface area contributed by atoms with Crippen LogP contribution in [0.2, 0.25) is 0 Å². The minimum absolute atomic E-state index is 0.637. The predicted octanol–water partition coefficient (Wildman–Crippen LogP) is 5.29. The summed E-state index contributed by atoms with van der Waals surface area (Å²) in [6, 6.07) is 8.44. The van der Waals surface area contributed by atoms with Crippen molar-refractivity contribution in [2.75, 3.05) is 20.6 Å². The fourth-order valence-corrected chi connectivity index (χ4v) is 5.36. The molecule has 5 heterocycles. The number of nitrogens with zero attached hydrogens (tertiary/aromatic N) is 5. The van der Waals surface area contributed by atoms with Crippen molar-refractivity contribution in [2.45, 2.75) is 26.7 Å². The van der Waals surface area contributed by atoms with Crippen molar-refractivity contribution in [3.8, 4) is 22.0 Å². The Morgan fingerprint density at radius 2 is 2.00 bits per heavy atom. The highest BCUT2D eigenvalue weighted by atomic mass is 32.1. The molecule has 5 aromatic heterocycles. The van der Waals surface area contributed by atoms with Crippen molar-refractivity contribution in [3.05, 3.63) is 82.1 Å². The number of imidazole rings is 1. The lowest BCUT2D eigenvalue weighted by atomic mass is 10.0. The van der Waals surface area contributed by atoms with Crippen molar-refractivity contribution in [3.63, 3.8) is 0 Å². The lowest BCUT2D eigenvalue weighted by molar-refractivity contribution is 0.400. The summed E-state index contributed by atoms with van der Waals surface area (Å²) in [6.45, 7) is 13.5. The first-order valence-corrected chi connectivity index (χ1v) is 13.7. The summed E-state index contributed by atoms with van der Waals surface area (Å²) in [5.41, 5.74) is 7.79. The van der Waals surface area contributed by atoms with Crippen LogP contribution >= 0.6 is 11.3 Å². The fourth-order valence-electron chi connectivity index (χ4n) is 4.40. The second-order valence-electron chi connectivity index (χ2n) is 10.1. The number of aromatic nitrogens is 6. The van der Waals surface area contributed by atoms with Gasteiger partial charge in [0.1, 0.15) is 5.69 Å². The minimum atomic E-state index is 0.637. The number of rotatable bonds is 9. The molecule has 198 valence electrons. The maximum absolute atomic E-state index is 4.73. The Balaban J connectivity index is 1.42. The lowest BCUT2D eigenvalue weighted by Gasteiger charge is -2.09. The number of fused-ring (bicyclic) bond motifs is 1. The van der Waals surface area contributed by atoms with Gasteiger partial charge in [-0.3, -0.25) is 10.1 Å². The van der Waals surface area contributed by atoms with Gasteiger partial charge in [0.25, 0.3) is 0 Å². The molecule has 5 rings (SSSR count). The Bertz CT molecular complexity index is 1780. The van der Waals surface area contributed by atoms with Gasteiger partial charge in [0.05, 0.1) is 10.9 Å². The number of H-pyrrole nitrogens is 2. The fraction of sp³-hybridized carbons (Fsp3) is 0.226. The monoisotopic (exact) mass is 535 g/mol. The number of nitrogens with one attached hydrogen (secondary N) is 2. The van der Waals surface area contributed by atoms with E-state index in [-0.39, 0.29) is 0 Å². The average Bonchev–Trinajstić information content (AvgIpc) is 3.65. The molecule has 0 unspecified atom stereocenters. The number of aryl methyl sites for hydroxylation is 1. The highest BCUT2D eigenvalue weighted by Crippen LogP contribution is 2.34. The van der Waals surface area contributed by atoms with Gasteiger partial charge in [-0.1, -0.05) is 19.2 Å². The van der Waals surface area contributed by atoms with Gasteiger partial charge < -0.3 is 9.88 Å². The average molecular weight is 536 g/mol. The summed E-state index contributed by atoms with van der Waals surface area (Å²) in [7, 11) is 4.20. The molecular formula is C31H33N7S. The first-order chi connectivity index (χ1) is 18.8. The Labute approximate surface area is 232 Å². The molecule has 0 aromatic carbocycles. The SMILES string of the molecule is C=C(C)c1ccc(-c2ccnc3nc(-c4n[nH]/c(=C/C=C(\C)c5cncc(CCCN(C)C)c5)c4=C)[nH]c23)s1. The van der Waals surface area contributed by atoms with Gasteiger partial charge in [-0.15, -0.1) is 11.3 Å². The van der Waals surface area contributed by atoms with Crippen LogP contribution in [0.5, 0.6) is 0 Å². The topological polar surface area (TPSA) is 86.4 Å². The molecule has 2 N–H and O–H groups in total. The molecule has 0 radical (unpaired) electrons. The number of allylic oxidation sites excluding steroid dienone is 3. The van der Waals surface area contributed by atoms with Gasteiger partial charge in [-0.2, -0.15) is 5.10 Å². The zero-order chi connectivity index (χ0) is 27.5. The molecule has 0 aliphatic carbocycles. The molecule has 7 nitrogen and oxygen atoms in total. The van der Waals surface area contributed by atoms with Crippen LogP contribution in [0.1, 0.15) is 36.3 Å². The first kappa shape index (κ1) is 26.5. The van der Waals surface area contributed by atoms with Gasteiger partial charge in [-0.25, -0.2) is 9.97 Å². The number of hydrogen-bond donors (Lipinski definition) is 2. The molecule has 0 aliphatic heterocycles. The van der Waals surface area contributed by atoms with E-state index in [0.717, 1.165) is 67.5 Å². The minimum Gasteiger partial charge on any atom is -0.335 e. The van der Waals surface area contributed by atoms with E-state index >= 15 is 0 Å². The van der Waals surface area contributed by atoms with Crippen LogP contribution in [0.25, 0.3) is 56.9 Å². The lowest BCUT2D eigenvalue weighted by Crippen LogP contribution is -2.21. The van der Waals surface area contributed by atoms with Crippen LogP contribution in [0.15, 0.2) is 55.5 Å². The van der Waals surface area contributed by atoms with Crippen molar-refractivity contribution in [1.82, 2.24) is 35.0 Å². The molecule has 0 aliphatic rings.